The van der Waals surface area contributed by atoms with E-state index in [1.54, 1.807) is 12.1 Å². The number of halogens is 2. The molecular formula is C17H19BrFNO. The Morgan fingerprint density at radius 2 is 2.00 bits per heavy atom. The van der Waals surface area contributed by atoms with E-state index in [1.807, 2.05) is 37.4 Å². The van der Waals surface area contributed by atoms with Crippen molar-refractivity contribution in [2.45, 2.75) is 19.4 Å². The van der Waals surface area contributed by atoms with Gasteiger partial charge in [0, 0.05) is 5.56 Å². The molecule has 0 fully saturated rings. The zero-order chi connectivity index (χ0) is 15.2. The van der Waals surface area contributed by atoms with Crippen molar-refractivity contribution < 1.29 is 9.13 Å². The van der Waals surface area contributed by atoms with Crippen LogP contribution in [-0.4, -0.2) is 13.7 Å². The maximum absolute atomic E-state index is 14.3. The first-order valence-electron chi connectivity index (χ1n) is 7.01. The molecule has 2 rings (SSSR count). The standard InChI is InChI=1S/C17H19BrFNO/c1-3-10-21-13-7-4-6-12(11-13)17(20-2)14-8-5-9-15(18)16(14)19/h4-9,11,17,20H,3,10H2,1-2H3. The summed E-state index contributed by atoms with van der Waals surface area (Å²) in [4.78, 5) is 0. The van der Waals surface area contributed by atoms with Gasteiger partial charge in [-0.15, -0.1) is 0 Å². The lowest BCUT2D eigenvalue weighted by Crippen LogP contribution is -2.19. The first kappa shape index (κ1) is 16.0. The van der Waals surface area contributed by atoms with Crippen LogP contribution >= 0.6 is 15.9 Å². The molecule has 0 aliphatic rings. The van der Waals surface area contributed by atoms with Crippen molar-refractivity contribution in [1.82, 2.24) is 5.32 Å². The van der Waals surface area contributed by atoms with Crippen molar-refractivity contribution >= 4 is 15.9 Å². The Kier molecular flexibility index (Phi) is 5.76. The molecule has 0 aliphatic heterocycles. The van der Waals surface area contributed by atoms with Crippen LogP contribution in [-0.2, 0) is 0 Å². The maximum Gasteiger partial charge on any atom is 0.142 e. The van der Waals surface area contributed by atoms with E-state index in [2.05, 4.69) is 28.2 Å². The third-order valence-electron chi connectivity index (χ3n) is 3.25. The second-order valence-corrected chi connectivity index (χ2v) is 5.64. The molecule has 2 aromatic carbocycles. The Morgan fingerprint density at radius 1 is 1.24 bits per heavy atom. The normalized spacial score (nSPS) is 12.2. The lowest BCUT2D eigenvalue weighted by molar-refractivity contribution is 0.317. The van der Waals surface area contributed by atoms with Crippen LogP contribution in [0.2, 0.25) is 0 Å². The van der Waals surface area contributed by atoms with E-state index in [9.17, 15) is 4.39 Å². The van der Waals surface area contributed by atoms with Crippen LogP contribution in [0.1, 0.15) is 30.5 Å². The molecule has 0 aliphatic carbocycles. The smallest absolute Gasteiger partial charge is 0.142 e. The Labute approximate surface area is 133 Å². The number of rotatable bonds is 6. The third-order valence-corrected chi connectivity index (χ3v) is 3.86. The second kappa shape index (κ2) is 7.57. The zero-order valence-corrected chi connectivity index (χ0v) is 13.8. The summed E-state index contributed by atoms with van der Waals surface area (Å²) < 4.78 is 20.4. The van der Waals surface area contributed by atoms with Gasteiger partial charge in [-0.1, -0.05) is 31.2 Å². The largest absolute Gasteiger partial charge is 0.494 e. The van der Waals surface area contributed by atoms with E-state index in [4.69, 9.17) is 4.74 Å². The fourth-order valence-corrected chi connectivity index (χ4v) is 2.63. The molecule has 0 amide bonds. The third kappa shape index (κ3) is 3.83. The summed E-state index contributed by atoms with van der Waals surface area (Å²) in [5.74, 6) is 0.571. The van der Waals surface area contributed by atoms with Crippen molar-refractivity contribution in [3.05, 3.63) is 63.9 Å². The maximum atomic E-state index is 14.3. The first-order valence-corrected chi connectivity index (χ1v) is 7.80. The summed E-state index contributed by atoms with van der Waals surface area (Å²) in [6.45, 7) is 2.75. The molecular weight excluding hydrogens is 333 g/mol. The van der Waals surface area contributed by atoms with Gasteiger partial charge in [0.1, 0.15) is 11.6 Å². The van der Waals surface area contributed by atoms with E-state index in [1.165, 1.54) is 0 Å². The minimum Gasteiger partial charge on any atom is -0.494 e. The lowest BCUT2D eigenvalue weighted by atomic mass is 9.98. The molecule has 1 N–H and O–H groups in total. The van der Waals surface area contributed by atoms with E-state index < -0.39 is 0 Å². The molecule has 0 spiro atoms. The van der Waals surface area contributed by atoms with Crippen molar-refractivity contribution in [2.75, 3.05) is 13.7 Å². The zero-order valence-electron chi connectivity index (χ0n) is 12.2. The first-order chi connectivity index (χ1) is 10.2. The fourth-order valence-electron chi connectivity index (χ4n) is 2.25. The second-order valence-electron chi connectivity index (χ2n) is 4.79. The molecule has 112 valence electrons. The lowest BCUT2D eigenvalue weighted by Gasteiger charge is -2.19. The minimum absolute atomic E-state index is 0.215. The molecule has 1 atom stereocenters. The molecule has 0 heterocycles. The van der Waals surface area contributed by atoms with Crippen LogP contribution in [0, 0.1) is 5.82 Å². The van der Waals surface area contributed by atoms with Gasteiger partial charge in [-0.2, -0.15) is 0 Å². The molecule has 0 saturated carbocycles. The van der Waals surface area contributed by atoms with E-state index in [-0.39, 0.29) is 11.9 Å². The number of hydrogen-bond donors (Lipinski definition) is 1. The molecule has 0 saturated heterocycles. The quantitative estimate of drug-likeness (QED) is 0.815. The summed E-state index contributed by atoms with van der Waals surface area (Å²) in [5.41, 5.74) is 1.59. The molecule has 2 aromatic rings. The van der Waals surface area contributed by atoms with Gasteiger partial charge in [-0.3, -0.25) is 0 Å². The van der Waals surface area contributed by atoms with Gasteiger partial charge >= 0.3 is 0 Å². The molecule has 0 radical (unpaired) electrons. The average molecular weight is 352 g/mol. The molecule has 0 bridgehead atoms. The number of hydrogen-bond acceptors (Lipinski definition) is 2. The average Bonchev–Trinajstić information content (AvgIpc) is 2.50. The Balaban J connectivity index is 2.35. The fraction of sp³-hybridized carbons (Fsp3) is 0.294. The minimum atomic E-state index is -0.239. The highest BCUT2D eigenvalue weighted by Crippen LogP contribution is 2.29. The summed E-state index contributed by atoms with van der Waals surface area (Å²) in [6, 6.07) is 12.9. The van der Waals surface area contributed by atoms with Crippen LogP contribution in [0.3, 0.4) is 0 Å². The van der Waals surface area contributed by atoms with E-state index in [0.717, 1.165) is 17.7 Å². The molecule has 4 heteroatoms. The summed E-state index contributed by atoms with van der Waals surface area (Å²) in [5, 5.41) is 3.17. The van der Waals surface area contributed by atoms with Crippen molar-refractivity contribution in [2.24, 2.45) is 0 Å². The number of ether oxygens (including phenoxy) is 1. The van der Waals surface area contributed by atoms with Gasteiger partial charge in [0.25, 0.3) is 0 Å². The molecule has 21 heavy (non-hydrogen) atoms. The van der Waals surface area contributed by atoms with Crippen LogP contribution < -0.4 is 10.1 Å². The van der Waals surface area contributed by atoms with E-state index >= 15 is 0 Å². The highest BCUT2D eigenvalue weighted by atomic mass is 79.9. The van der Waals surface area contributed by atoms with Crippen molar-refractivity contribution in [3.8, 4) is 5.75 Å². The summed E-state index contributed by atoms with van der Waals surface area (Å²) in [7, 11) is 1.82. The van der Waals surface area contributed by atoms with E-state index in [0.29, 0.717) is 16.6 Å². The van der Waals surface area contributed by atoms with Crippen LogP contribution in [0.5, 0.6) is 5.75 Å². The highest BCUT2D eigenvalue weighted by Gasteiger charge is 2.18. The van der Waals surface area contributed by atoms with Crippen LogP contribution in [0.25, 0.3) is 0 Å². The highest BCUT2D eigenvalue weighted by molar-refractivity contribution is 9.10. The predicted octanol–water partition coefficient (Wildman–Crippen LogP) is 4.69. The van der Waals surface area contributed by atoms with Crippen LogP contribution in [0.15, 0.2) is 46.9 Å². The van der Waals surface area contributed by atoms with Gasteiger partial charge in [0.2, 0.25) is 0 Å². The van der Waals surface area contributed by atoms with Gasteiger partial charge < -0.3 is 10.1 Å². The van der Waals surface area contributed by atoms with Crippen molar-refractivity contribution in [1.29, 1.82) is 0 Å². The molecule has 2 nitrogen and oxygen atoms in total. The van der Waals surface area contributed by atoms with Gasteiger partial charge in [-0.05, 0) is 53.2 Å². The topological polar surface area (TPSA) is 21.3 Å². The molecule has 0 aromatic heterocycles. The molecule has 1 unspecified atom stereocenters. The SMILES string of the molecule is CCCOc1cccc(C(NC)c2cccc(Br)c2F)c1. The van der Waals surface area contributed by atoms with Gasteiger partial charge in [-0.25, -0.2) is 4.39 Å². The van der Waals surface area contributed by atoms with Gasteiger partial charge in [0.05, 0.1) is 17.1 Å². The summed E-state index contributed by atoms with van der Waals surface area (Å²) in [6.07, 6.45) is 0.958. The van der Waals surface area contributed by atoms with Gasteiger partial charge in [0.15, 0.2) is 0 Å². The Morgan fingerprint density at radius 3 is 2.71 bits per heavy atom. The monoisotopic (exact) mass is 351 g/mol. The Bertz CT molecular complexity index is 603. The predicted molar refractivity (Wildman–Crippen MR) is 87.2 cm³/mol. The van der Waals surface area contributed by atoms with Crippen molar-refractivity contribution in [3.63, 3.8) is 0 Å². The number of benzene rings is 2. The number of nitrogens with one attached hydrogen (secondary N) is 1. The Hall–Kier alpha value is -1.39. The summed E-state index contributed by atoms with van der Waals surface area (Å²) >= 11 is 3.24. The van der Waals surface area contributed by atoms with Crippen LogP contribution in [0.4, 0.5) is 4.39 Å².